The van der Waals surface area contributed by atoms with Crippen LogP contribution < -0.4 is 11.1 Å². The molecule has 1 rings (SSSR count). The fourth-order valence-electron chi connectivity index (χ4n) is 2.85. The van der Waals surface area contributed by atoms with Crippen LogP contribution in [0.3, 0.4) is 0 Å². The molecule has 0 bridgehead atoms. The summed E-state index contributed by atoms with van der Waals surface area (Å²) in [5, 5.41) is 11.2. The molecule has 1 aliphatic rings. The Hall–Kier alpha value is -1.79. The zero-order valence-electron chi connectivity index (χ0n) is 13.0. The lowest BCUT2D eigenvalue weighted by Crippen LogP contribution is -2.57. The number of hydrogen-bond acceptors (Lipinski definition) is 3. The molecule has 21 heavy (non-hydrogen) atoms. The van der Waals surface area contributed by atoms with Crippen molar-refractivity contribution >= 4 is 17.9 Å². The SMILES string of the molecule is CCC1CCN(C(=O)[C@@H](NC(=O)O)C(C)(C)C)[C@@H]1C(N)=O. The van der Waals surface area contributed by atoms with Gasteiger partial charge >= 0.3 is 6.09 Å². The van der Waals surface area contributed by atoms with E-state index < -0.39 is 29.5 Å². The summed E-state index contributed by atoms with van der Waals surface area (Å²) < 4.78 is 0. The molecule has 0 radical (unpaired) electrons. The van der Waals surface area contributed by atoms with Crippen LogP contribution >= 0.6 is 0 Å². The number of amides is 3. The van der Waals surface area contributed by atoms with Crippen LogP contribution in [0.1, 0.15) is 40.5 Å². The molecular weight excluding hydrogens is 274 g/mol. The molecule has 0 aromatic carbocycles. The summed E-state index contributed by atoms with van der Waals surface area (Å²) >= 11 is 0. The predicted molar refractivity (Wildman–Crippen MR) is 77.5 cm³/mol. The van der Waals surface area contributed by atoms with Gasteiger partial charge in [-0.3, -0.25) is 9.59 Å². The van der Waals surface area contributed by atoms with Gasteiger partial charge in [0.25, 0.3) is 0 Å². The van der Waals surface area contributed by atoms with Gasteiger partial charge in [0.15, 0.2) is 0 Å². The minimum absolute atomic E-state index is 0.0388. The smallest absolute Gasteiger partial charge is 0.405 e. The van der Waals surface area contributed by atoms with E-state index >= 15 is 0 Å². The van der Waals surface area contributed by atoms with E-state index in [4.69, 9.17) is 10.8 Å². The molecule has 7 nitrogen and oxygen atoms in total. The second-order valence-electron chi connectivity index (χ2n) is 6.58. The normalized spacial score (nSPS) is 23.7. The van der Waals surface area contributed by atoms with Gasteiger partial charge in [-0.15, -0.1) is 0 Å². The molecule has 120 valence electrons. The van der Waals surface area contributed by atoms with E-state index in [9.17, 15) is 14.4 Å². The molecular formula is C14H25N3O4. The van der Waals surface area contributed by atoms with Gasteiger partial charge in [-0.05, 0) is 17.8 Å². The van der Waals surface area contributed by atoms with Crippen LogP contribution in [-0.2, 0) is 9.59 Å². The lowest BCUT2D eigenvalue weighted by atomic mass is 9.85. The molecule has 0 aromatic heterocycles. The Labute approximate surface area is 124 Å². The topological polar surface area (TPSA) is 113 Å². The number of rotatable bonds is 4. The lowest BCUT2D eigenvalue weighted by molar-refractivity contribution is -0.141. The minimum Gasteiger partial charge on any atom is -0.465 e. The second kappa shape index (κ2) is 6.32. The summed E-state index contributed by atoms with van der Waals surface area (Å²) in [5.74, 6) is -0.878. The van der Waals surface area contributed by atoms with Crippen LogP contribution in [0.25, 0.3) is 0 Å². The molecule has 4 N–H and O–H groups in total. The van der Waals surface area contributed by atoms with Crippen molar-refractivity contribution < 1.29 is 19.5 Å². The highest BCUT2D eigenvalue weighted by molar-refractivity contribution is 5.91. The molecule has 1 heterocycles. The molecule has 7 heteroatoms. The Bertz CT molecular complexity index is 430. The van der Waals surface area contributed by atoms with Crippen LogP contribution in [-0.4, -0.2) is 46.5 Å². The van der Waals surface area contributed by atoms with Crippen molar-refractivity contribution in [3.8, 4) is 0 Å². The van der Waals surface area contributed by atoms with Crippen LogP contribution in [0.15, 0.2) is 0 Å². The molecule has 1 saturated heterocycles. The monoisotopic (exact) mass is 299 g/mol. The van der Waals surface area contributed by atoms with E-state index in [0.29, 0.717) is 13.0 Å². The summed E-state index contributed by atoms with van der Waals surface area (Å²) in [4.78, 5) is 36.7. The summed E-state index contributed by atoms with van der Waals surface area (Å²) in [6.45, 7) is 7.71. The third kappa shape index (κ3) is 3.86. The van der Waals surface area contributed by atoms with Crippen molar-refractivity contribution in [3.63, 3.8) is 0 Å². The first-order valence-corrected chi connectivity index (χ1v) is 7.18. The average molecular weight is 299 g/mol. The van der Waals surface area contributed by atoms with Crippen LogP contribution in [0, 0.1) is 11.3 Å². The molecule has 0 aliphatic carbocycles. The molecule has 0 aromatic rings. The fourth-order valence-corrected chi connectivity index (χ4v) is 2.85. The zero-order valence-corrected chi connectivity index (χ0v) is 13.0. The van der Waals surface area contributed by atoms with E-state index in [0.717, 1.165) is 6.42 Å². The quantitative estimate of drug-likeness (QED) is 0.712. The molecule has 0 spiro atoms. The molecule has 3 amide bonds. The van der Waals surface area contributed by atoms with Gasteiger partial charge in [0, 0.05) is 6.54 Å². The van der Waals surface area contributed by atoms with Gasteiger partial charge in [-0.1, -0.05) is 34.1 Å². The summed E-state index contributed by atoms with van der Waals surface area (Å²) in [7, 11) is 0. The van der Waals surface area contributed by atoms with Gasteiger partial charge in [-0.2, -0.15) is 0 Å². The lowest BCUT2D eigenvalue weighted by Gasteiger charge is -2.35. The van der Waals surface area contributed by atoms with Crippen LogP contribution in [0.2, 0.25) is 0 Å². The first kappa shape index (κ1) is 17.3. The van der Waals surface area contributed by atoms with Gasteiger partial charge in [-0.25, -0.2) is 4.79 Å². The van der Waals surface area contributed by atoms with Crippen molar-refractivity contribution in [2.24, 2.45) is 17.1 Å². The largest absolute Gasteiger partial charge is 0.465 e. The minimum atomic E-state index is -1.26. The number of likely N-dealkylation sites (tertiary alicyclic amines) is 1. The number of nitrogens with two attached hydrogens (primary N) is 1. The van der Waals surface area contributed by atoms with Crippen molar-refractivity contribution in [1.29, 1.82) is 0 Å². The van der Waals surface area contributed by atoms with Crippen LogP contribution in [0.4, 0.5) is 4.79 Å². The number of nitrogens with zero attached hydrogens (tertiary/aromatic N) is 1. The third-order valence-corrected chi connectivity index (χ3v) is 4.00. The van der Waals surface area contributed by atoms with E-state index in [1.54, 1.807) is 20.8 Å². The molecule has 1 unspecified atom stereocenters. The molecule has 1 fully saturated rings. The van der Waals surface area contributed by atoms with Crippen molar-refractivity contribution in [2.45, 2.75) is 52.6 Å². The summed E-state index contributed by atoms with van der Waals surface area (Å²) in [6.07, 6.45) is 0.203. The maximum atomic E-state index is 12.7. The Balaban J connectivity index is 3.03. The van der Waals surface area contributed by atoms with Gasteiger partial charge < -0.3 is 21.1 Å². The number of carboxylic acid groups (broad SMARTS) is 1. The van der Waals surface area contributed by atoms with Crippen molar-refractivity contribution in [2.75, 3.05) is 6.54 Å². The van der Waals surface area contributed by atoms with E-state index in [1.165, 1.54) is 4.90 Å². The summed E-state index contributed by atoms with van der Waals surface area (Å²) in [5.41, 5.74) is 4.84. The van der Waals surface area contributed by atoms with E-state index in [-0.39, 0.29) is 11.8 Å². The summed E-state index contributed by atoms with van der Waals surface area (Å²) in [6, 6.07) is -1.56. The number of primary amides is 1. The first-order valence-electron chi connectivity index (χ1n) is 7.18. The van der Waals surface area contributed by atoms with E-state index in [1.807, 2.05) is 6.92 Å². The van der Waals surface area contributed by atoms with Gasteiger partial charge in [0.05, 0.1) is 0 Å². The number of nitrogens with one attached hydrogen (secondary N) is 1. The molecule has 3 atom stereocenters. The number of carbonyl (C=O) groups is 3. The Kier molecular flexibility index (Phi) is 5.20. The van der Waals surface area contributed by atoms with Crippen LogP contribution in [0.5, 0.6) is 0 Å². The van der Waals surface area contributed by atoms with E-state index in [2.05, 4.69) is 5.32 Å². The second-order valence-corrected chi connectivity index (χ2v) is 6.58. The predicted octanol–water partition coefficient (Wildman–Crippen LogP) is 0.781. The maximum absolute atomic E-state index is 12.7. The highest BCUT2D eigenvalue weighted by Crippen LogP contribution is 2.30. The Morgan fingerprint density at radius 2 is 1.95 bits per heavy atom. The average Bonchev–Trinajstić information content (AvgIpc) is 2.77. The molecule has 0 saturated carbocycles. The van der Waals surface area contributed by atoms with Crippen molar-refractivity contribution in [1.82, 2.24) is 10.2 Å². The first-order chi connectivity index (χ1) is 9.59. The third-order valence-electron chi connectivity index (χ3n) is 4.00. The Morgan fingerprint density at radius 1 is 1.38 bits per heavy atom. The van der Waals surface area contributed by atoms with Gasteiger partial charge in [0.1, 0.15) is 12.1 Å². The van der Waals surface area contributed by atoms with Gasteiger partial charge in [0.2, 0.25) is 11.8 Å². The van der Waals surface area contributed by atoms with Crippen molar-refractivity contribution in [3.05, 3.63) is 0 Å². The standard InChI is InChI=1S/C14H25N3O4/c1-5-8-6-7-17(9(8)11(15)18)12(19)10(14(2,3)4)16-13(20)21/h8-10,16H,5-7H2,1-4H3,(H2,15,18)(H,20,21)/t8?,9-,10+/m0/s1. The number of carbonyl (C=O) groups excluding carboxylic acids is 2. The molecule has 1 aliphatic heterocycles. The zero-order chi connectivity index (χ0) is 16.4. The highest BCUT2D eigenvalue weighted by atomic mass is 16.4. The highest BCUT2D eigenvalue weighted by Gasteiger charge is 2.44. The Morgan fingerprint density at radius 3 is 2.33 bits per heavy atom. The maximum Gasteiger partial charge on any atom is 0.405 e. The number of hydrogen-bond donors (Lipinski definition) is 3. The fraction of sp³-hybridized carbons (Fsp3) is 0.786.